The molecule has 5 heteroatoms. The topological polar surface area (TPSA) is 47.6 Å². The lowest BCUT2D eigenvalue weighted by molar-refractivity contribution is -0.128. The van der Waals surface area contributed by atoms with E-state index in [0.29, 0.717) is 23.7 Å². The van der Waals surface area contributed by atoms with Crippen LogP contribution in [-0.2, 0) is 11.2 Å². The summed E-state index contributed by atoms with van der Waals surface area (Å²) in [6, 6.07) is 15.0. The number of rotatable bonds is 9. The van der Waals surface area contributed by atoms with Crippen molar-refractivity contribution in [2.75, 3.05) is 13.7 Å². The van der Waals surface area contributed by atoms with Gasteiger partial charge in [0.25, 0.3) is 5.91 Å². The van der Waals surface area contributed by atoms with E-state index < -0.39 is 6.10 Å². The molecule has 1 amide bonds. The molecule has 25 heavy (non-hydrogen) atoms. The maximum absolute atomic E-state index is 12.3. The molecule has 4 nitrogen and oxygen atoms in total. The number of methoxy groups -OCH3 is 1. The SMILES string of the molecule is CC[C@@H](Oc1ccc(Cl)cc1)C(=O)NCCCc1ccc(OC)cc1. The van der Waals surface area contributed by atoms with Crippen molar-refractivity contribution >= 4 is 17.5 Å². The monoisotopic (exact) mass is 361 g/mol. The Morgan fingerprint density at radius 1 is 1.08 bits per heavy atom. The predicted octanol–water partition coefficient (Wildman–Crippen LogP) is 4.26. The van der Waals surface area contributed by atoms with Gasteiger partial charge in [0.2, 0.25) is 0 Å². The molecule has 1 N–H and O–H groups in total. The highest BCUT2D eigenvalue weighted by atomic mass is 35.5. The quantitative estimate of drug-likeness (QED) is 0.679. The zero-order valence-electron chi connectivity index (χ0n) is 14.6. The molecule has 0 heterocycles. The first-order chi connectivity index (χ1) is 12.1. The maximum atomic E-state index is 12.3. The van der Waals surface area contributed by atoms with Crippen LogP contribution in [0.2, 0.25) is 5.02 Å². The minimum Gasteiger partial charge on any atom is -0.497 e. The molecular weight excluding hydrogens is 338 g/mol. The van der Waals surface area contributed by atoms with Crippen LogP contribution in [-0.4, -0.2) is 25.7 Å². The van der Waals surface area contributed by atoms with E-state index in [-0.39, 0.29) is 5.91 Å². The molecule has 0 saturated heterocycles. The van der Waals surface area contributed by atoms with Gasteiger partial charge in [-0.3, -0.25) is 4.79 Å². The summed E-state index contributed by atoms with van der Waals surface area (Å²) in [6.07, 6.45) is 1.88. The van der Waals surface area contributed by atoms with Crippen molar-refractivity contribution in [1.29, 1.82) is 0 Å². The van der Waals surface area contributed by atoms with Crippen LogP contribution in [0, 0.1) is 0 Å². The molecule has 2 aromatic rings. The molecule has 0 unspecified atom stereocenters. The first kappa shape index (κ1) is 19.1. The van der Waals surface area contributed by atoms with Crippen LogP contribution in [0.4, 0.5) is 0 Å². The Kier molecular flexibility index (Phi) is 7.61. The van der Waals surface area contributed by atoms with Gasteiger partial charge in [0.15, 0.2) is 6.10 Å². The van der Waals surface area contributed by atoms with Gasteiger partial charge in [-0.1, -0.05) is 30.7 Å². The average Bonchev–Trinajstić information content (AvgIpc) is 2.65. The molecular formula is C20H24ClNO3. The fraction of sp³-hybridized carbons (Fsp3) is 0.350. The summed E-state index contributed by atoms with van der Waals surface area (Å²) < 4.78 is 10.9. The number of benzene rings is 2. The number of carbonyl (C=O) groups excluding carboxylic acids is 1. The first-order valence-electron chi connectivity index (χ1n) is 8.45. The molecule has 0 fully saturated rings. The minimum absolute atomic E-state index is 0.0906. The van der Waals surface area contributed by atoms with Crippen LogP contribution in [0.25, 0.3) is 0 Å². The van der Waals surface area contributed by atoms with Gasteiger partial charge in [0, 0.05) is 11.6 Å². The molecule has 0 aliphatic carbocycles. The Morgan fingerprint density at radius 3 is 2.32 bits per heavy atom. The van der Waals surface area contributed by atoms with E-state index in [1.165, 1.54) is 5.56 Å². The van der Waals surface area contributed by atoms with Crippen molar-refractivity contribution in [1.82, 2.24) is 5.32 Å². The Bertz CT molecular complexity index is 656. The third-order valence-electron chi connectivity index (χ3n) is 3.86. The van der Waals surface area contributed by atoms with Crippen LogP contribution >= 0.6 is 11.6 Å². The lowest BCUT2D eigenvalue weighted by Gasteiger charge is -2.17. The Morgan fingerprint density at radius 2 is 1.72 bits per heavy atom. The van der Waals surface area contributed by atoms with Gasteiger partial charge in [0.05, 0.1) is 7.11 Å². The summed E-state index contributed by atoms with van der Waals surface area (Å²) >= 11 is 5.85. The summed E-state index contributed by atoms with van der Waals surface area (Å²) in [7, 11) is 1.65. The average molecular weight is 362 g/mol. The fourth-order valence-electron chi connectivity index (χ4n) is 2.41. The third kappa shape index (κ3) is 6.31. The Balaban J connectivity index is 1.74. The van der Waals surface area contributed by atoms with Crippen LogP contribution in [0.5, 0.6) is 11.5 Å². The van der Waals surface area contributed by atoms with Crippen molar-refractivity contribution in [3.05, 3.63) is 59.1 Å². The molecule has 2 rings (SSSR count). The molecule has 2 aromatic carbocycles. The predicted molar refractivity (Wildman–Crippen MR) is 100 cm³/mol. The molecule has 0 aromatic heterocycles. The van der Waals surface area contributed by atoms with Crippen molar-refractivity contribution in [2.45, 2.75) is 32.3 Å². The second kappa shape index (κ2) is 9.94. The molecule has 0 bridgehead atoms. The van der Waals surface area contributed by atoms with E-state index in [2.05, 4.69) is 5.32 Å². The van der Waals surface area contributed by atoms with E-state index >= 15 is 0 Å². The van der Waals surface area contributed by atoms with Gasteiger partial charge in [-0.05, 0) is 61.2 Å². The largest absolute Gasteiger partial charge is 0.497 e. The lowest BCUT2D eigenvalue weighted by atomic mass is 10.1. The molecule has 0 aliphatic rings. The van der Waals surface area contributed by atoms with E-state index in [9.17, 15) is 4.79 Å². The Labute approximate surface area is 154 Å². The summed E-state index contributed by atoms with van der Waals surface area (Å²) in [6.45, 7) is 2.54. The highest BCUT2D eigenvalue weighted by Crippen LogP contribution is 2.17. The van der Waals surface area contributed by atoms with E-state index in [1.54, 1.807) is 31.4 Å². The lowest BCUT2D eigenvalue weighted by Crippen LogP contribution is -2.38. The normalized spacial score (nSPS) is 11.6. The summed E-state index contributed by atoms with van der Waals surface area (Å²) in [5.74, 6) is 1.40. The molecule has 0 spiro atoms. The maximum Gasteiger partial charge on any atom is 0.261 e. The summed E-state index contributed by atoms with van der Waals surface area (Å²) in [5.41, 5.74) is 1.22. The van der Waals surface area contributed by atoms with Gasteiger partial charge in [-0.25, -0.2) is 0 Å². The number of aryl methyl sites for hydroxylation is 1. The van der Waals surface area contributed by atoms with Gasteiger partial charge in [-0.15, -0.1) is 0 Å². The van der Waals surface area contributed by atoms with Crippen LogP contribution in [0.15, 0.2) is 48.5 Å². The highest BCUT2D eigenvalue weighted by molar-refractivity contribution is 6.30. The zero-order valence-corrected chi connectivity index (χ0v) is 15.4. The standard InChI is InChI=1S/C20H24ClNO3/c1-3-19(25-18-12-8-16(21)9-13-18)20(23)22-14-4-5-15-6-10-17(24-2)11-7-15/h6-13,19H,3-5,14H2,1-2H3,(H,22,23)/t19-/m1/s1. The van der Waals surface area contributed by atoms with Gasteiger partial charge in [-0.2, -0.15) is 0 Å². The summed E-state index contributed by atoms with van der Waals surface area (Å²) in [4.78, 5) is 12.3. The molecule has 134 valence electrons. The first-order valence-corrected chi connectivity index (χ1v) is 8.83. The second-order valence-electron chi connectivity index (χ2n) is 5.71. The fourth-order valence-corrected chi connectivity index (χ4v) is 2.54. The third-order valence-corrected chi connectivity index (χ3v) is 4.11. The number of ether oxygens (including phenoxy) is 2. The number of hydrogen-bond donors (Lipinski definition) is 1. The number of hydrogen-bond acceptors (Lipinski definition) is 3. The van der Waals surface area contributed by atoms with Crippen molar-refractivity contribution < 1.29 is 14.3 Å². The van der Waals surface area contributed by atoms with Gasteiger partial charge in [0.1, 0.15) is 11.5 Å². The zero-order chi connectivity index (χ0) is 18.1. The second-order valence-corrected chi connectivity index (χ2v) is 6.15. The number of amides is 1. The van der Waals surface area contributed by atoms with Gasteiger partial charge < -0.3 is 14.8 Å². The van der Waals surface area contributed by atoms with Crippen LogP contribution < -0.4 is 14.8 Å². The Hall–Kier alpha value is -2.20. The highest BCUT2D eigenvalue weighted by Gasteiger charge is 2.17. The smallest absolute Gasteiger partial charge is 0.261 e. The van der Waals surface area contributed by atoms with Crippen molar-refractivity contribution in [2.24, 2.45) is 0 Å². The van der Waals surface area contributed by atoms with Crippen molar-refractivity contribution in [3.63, 3.8) is 0 Å². The molecule has 0 aliphatic heterocycles. The number of carbonyl (C=O) groups is 1. The van der Waals surface area contributed by atoms with Crippen molar-refractivity contribution in [3.8, 4) is 11.5 Å². The van der Waals surface area contributed by atoms with E-state index in [1.807, 2.05) is 31.2 Å². The minimum atomic E-state index is -0.498. The molecule has 1 atom stereocenters. The van der Waals surface area contributed by atoms with E-state index in [4.69, 9.17) is 21.1 Å². The molecule has 0 saturated carbocycles. The number of nitrogens with one attached hydrogen (secondary N) is 1. The van der Waals surface area contributed by atoms with Crippen LogP contribution in [0.3, 0.4) is 0 Å². The van der Waals surface area contributed by atoms with Crippen LogP contribution in [0.1, 0.15) is 25.3 Å². The number of halogens is 1. The van der Waals surface area contributed by atoms with Gasteiger partial charge >= 0.3 is 0 Å². The summed E-state index contributed by atoms with van der Waals surface area (Å²) in [5, 5.41) is 3.59. The molecule has 0 radical (unpaired) electrons. The van der Waals surface area contributed by atoms with E-state index in [0.717, 1.165) is 18.6 Å².